The Kier molecular flexibility index (Phi) is 4.24. The fourth-order valence-corrected chi connectivity index (χ4v) is 2.96. The molecule has 19 heavy (non-hydrogen) atoms. The number of aromatic nitrogens is 2. The molecular formula is C13H14N2O3S. The van der Waals surface area contributed by atoms with E-state index in [0.29, 0.717) is 0 Å². The number of hydrogen-bond donors (Lipinski definition) is 1. The third-order valence-corrected chi connectivity index (χ3v) is 4.48. The number of sulfone groups is 1. The van der Waals surface area contributed by atoms with E-state index in [-0.39, 0.29) is 23.7 Å². The van der Waals surface area contributed by atoms with Gasteiger partial charge >= 0.3 is 0 Å². The van der Waals surface area contributed by atoms with E-state index in [1.807, 2.05) is 0 Å². The van der Waals surface area contributed by atoms with Crippen LogP contribution in [0.5, 0.6) is 0 Å². The van der Waals surface area contributed by atoms with Crippen molar-refractivity contribution in [3.8, 4) is 11.3 Å². The van der Waals surface area contributed by atoms with Gasteiger partial charge in [0, 0.05) is 18.4 Å². The van der Waals surface area contributed by atoms with Crippen LogP contribution in [0.3, 0.4) is 0 Å². The van der Waals surface area contributed by atoms with Crippen molar-refractivity contribution < 1.29 is 13.5 Å². The molecule has 0 spiro atoms. The molecular weight excluding hydrogens is 264 g/mol. The SMILES string of the molecule is O=S(=O)(CCCO)c1ccc(-c2ccncn2)cc1. The van der Waals surface area contributed by atoms with Gasteiger partial charge in [-0.2, -0.15) is 0 Å². The molecule has 6 heteroatoms. The molecule has 5 nitrogen and oxygen atoms in total. The maximum atomic E-state index is 11.9. The lowest BCUT2D eigenvalue weighted by molar-refractivity contribution is 0.295. The third-order valence-electron chi connectivity index (χ3n) is 2.66. The smallest absolute Gasteiger partial charge is 0.178 e. The molecule has 0 aliphatic carbocycles. The van der Waals surface area contributed by atoms with Crippen LogP contribution < -0.4 is 0 Å². The average molecular weight is 278 g/mol. The highest BCUT2D eigenvalue weighted by atomic mass is 32.2. The molecule has 0 amide bonds. The van der Waals surface area contributed by atoms with E-state index >= 15 is 0 Å². The van der Waals surface area contributed by atoms with Gasteiger partial charge < -0.3 is 5.11 Å². The largest absolute Gasteiger partial charge is 0.396 e. The standard InChI is InChI=1S/C13H14N2O3S/c16-8-1-9-19(17,18)12-4-2-11(3-5-12)13-6-7-14-10-15-13/h2-7,10,16H,1,8-9H2. The maximum Gasteiger partial charge on any atom is 0.178 e. The van der Waals surface area contributed by atoms with Crippen LogP contribution in [0.2, 0.25) is 0 Å². The van der Waals surface area contributed by atoms with Crippen LogP contribution >= 0.6 is 0 Å². The highest BCUT2D eigenvalue weighted by Gasteiger charge is 2.13. The summed E-state index contributed by atoms with van der Waals surface area (Å²) in [5.41, 5.74) is 1.58. The highest BCUT2D eigenvalue weighted by molar-refractivity contribution is 7.91. The van der Waals surface area contributed by atoms with Gasteiger partial charge in [-0.05, 0) is 24.6 Å². The van der Waals surface area contributed by atoms with Crippen molar-refractivity contribution in [2.24, 2.45) is 0 Å². The Balaban J connectivity index is 2.24. The molecule has 0 saturated carbocycles. The van der Waals surface area contributed by atoms with E-state index < -0.39 is 9.84 Å². The first-order chi connectivity index (χ1) is 9.13. The van der Waals surface area contributed by atoms with E-state index in [2.05, 4.69) is 9.97 Å². The molecule has 1 aromatic heterocycles. The van der Waals surface area contributed by atoms with E-state index in [4.69, 9.17) is 5.11 Å². The third kappa shape index (κ3) is 3.36. The molecule has 0 aliphatic heterocycles. The summed E-state index contributed by atoms with van der Waals surface area (Å²) in [5, 5.41) is 8.69. The predicted molar refractivity (Wildman–Crippen MR) is 71.2 cm³/mol. The zero-order valence-corrected chi connectivity index (χ0v) is 11.0. The predicted octanol–water partition coefficient (Wildman–Crippen LogP) is 1.30. The minimum absolute atomic E-state index is 0.0453. The Bertz CT molecular complexity index is 625. The number of aliphatic hydroxyl groups is 1. The highest BCUT2D eigenvalue weighted by Crippen LogP contribution is 2.19. The Morgan fingerprint density at radius 3 is 2.42 bits per heavy atom. The first-order valence-corrected chi connectivity index (χ1v) is 7.49. The van der Waals surface area contributed by atoms with E-state index in [9.17, 15) is 8.42 Å². The fourth-order valence-electron chi connectivity index (χ4n) is 1.67. The molecule has 0 saturated heterocycles. The van der Waals surface area contributed by atoms with Crippen LogP contribution in [0.1, 0.15) is 6.42 Å². The molecule has 1 heterocycles. The number of aliphatic hydroxyl groups excluding tert-OH is 1. The quantitative estimate of drug-likeness (QED) is 0.891. The van der Waals surface area contributed by atoms with Crippen molar-refractivity contribution in [3.05, 3.63) is 42.9 Å². The lowest BCUT2D eigenvalue weighted by Gasteiger charge is -2.05. The molecule has 100 valence electrons. The molecule has 2 aromatic rings. The number of hydrogen-bond acceptors (Lipinski definition) is 5. The van der Waals surface area contributed by atoms with Crippen LogP contribution in [0.15, 0.2) is 47.8 Å². The van der Waals surface area contributed by atoms with Crippen molar-refractivity contribution in [2.75, 3.05) is 12.4 Å². The summed E-state index contributed by atoms with van der Waals surface area (Å²) in [6.07, 6.45) is 3.32. The fraction of sp³-hybridized carbons (Fsp3) is 0.231. The number of nitrogens with zero attached hydrogens (tertiary/aromatic N) is 2. The normalized spacial score (nSPS) is 11.4. The lowest BCUT2D eigenvalue weighted by atomic mass is 10.1. The lowest BCUT2D eigenvalue weighted by Crippen LogP contribution is -2.08. The Hall–Kier alpha value is -1.79. The molecule has 0 fully saturated rings. The summed E-state index contributed by atoms with van der Waals surface area (Å²) in [6, 6.07) is 8.31. The van der Waals surface area contributed by atoms with Gasteiger partial charge in [-0.25, -0.2) is 18.4 Å². The molecule has 0 aliphatic rings. The van der Waals surface area contributed by atoms with E-state index in [1.165, 1.54) is 6.33 Å². The Morgan fingerprint density at radius 2 is 1.84 bits per heavy atom. The van der Waals surface area contributed by atoms with Gasteiger partial charge in [0.2, 0.25) is 0 Å². The molecule has 0 radical (unpaired) electrons. The van der Waals surface area contributed by atoms with Crippen molar-refractivity contribution in [1.29, 1.82) is 0 Å². The summed E-state index contributed by atoms with van der Waals surface area (Å²) in [5.74, 6) is -0.0453. The molecule has 0 unspecified atom stereocenters. The molecule has 2 rings (SSSR count). The van der Waals surface area contributed by atoms with Gasteiger partial charge in [0.05, 0.1) is 16.3 Å². The molecule has 0 atom stereocenters. The van der Waals surface area contributed by atoms with Gasteiger partial charge in [0.15, 0.2) is 9.84 Å². The second kappa shape index (κ2) is 5.90. The van der Waals surface area contributed by atoms with Gasteiger partial charge in [0.25, 0.3) is 0 Å². The minimum Gasteiger partial charge on any atom is -0.396 e. The number of rotatable bonds is 5. The van der Waals surface area contributed by atoms with Crippen LogP contribution in [0, 0.1) is 0 Å². The van der Waals surface area contributed by atoms with Crippen LogP contribution in [-0.2, 0) is 9.84 Å². The average Bonchev–Trinajstić information content (AvgIpc) is 2.46. The summed E-state index contributed by atoms with van der Waals surface area (Å²) in [4.78, 5) is 8.19. The summed E-state index contributed by atoms with van der Waals surface area (Å²) >= 11 is 0. The van der Waals surface area contributed by atoms with Crippen molar-refractivity contribution in [3.63, 3.8) is 0 Å². The van der Waals surface area contributed by atoms with Gasteiger partial charge in [-0.3, -0.25) is 0 Å². The van der Waals surface area contributed by atoms with E-state index in [0.717, 1.165) is 11.3 Å². The van der Waals surface area contributed by atoms with Gasteiger partial charge in [-0.15, -0.1) is 0 Å². The molecule has 1 N–H and O–H groups in total. The van der Waals surface area contributed by atoms with Gasteiger partial charge in [-0.1, -0.05) is 12.1 Å². The van der Waals surface area contributed by atoms with E-state index in [1.54, 1.807) is 36.5 Å². The first-order valence-electron chi connectivity index (χ1n) is 5.83. The van der Waals surface area contributed by atoms with Gasteiger partial charge in [0.1, 0.15) is 6.33 Å². The van der Waals surface area contributed by atoms with Crippen molar-refractivity contribution >= 4 is 9.84 Å². The van der Waals surface area contributed by atoms with Crippen molar-refractivity contribution in [2.45, 2.75) is 11.3 Å². The minimum atomic E-state index is -3.31. The second-order valence-corrected chi connectivity index (χ2v) is 6.12. The molecule has 0 bridgehead atoms. The summed E-state index contributed by atoms with van der Waals surface area (Å²) in [7, 11) is -3.31. The van der Waals surface area contributed by atoms with Crippen LogP contribution in [-0.4, -0.2) is 35.9 Å². The van der Waals surface area contributed by atoms with Crippen LogP contribution in [0.25, 0.3) is 11.3 Å². The van der Waals surface area contributed by atoms with Crippen LogP contribution in [0.4, 0.5) is 0 Å². The zero-order valence-electron chi connectivity index (χ0n) is 10.2. The summed E-state index contributed by atoms with van der Waals surface area (Å²) in [6.45, 7) is -0.127. The monoisotopic (exact) mass is 278 g/mol. The molecule has 1 aromatic carbocycles. The Labute approximate surface area is 111 Å². The maximum absolute atomic E-state index is 11.9. The Morgan fingerprint density at radius 1 is 1.11 bits per heavy atom. The van der Waals surface area contributed by atoms with Crippen molar-refractivity contribution in [1.82, 2.24) is 9.97 Å². The topological polar surface area (TPSA) is 80.2 Å². The number of benzene rings is 1. The zero-order chi connectivity index (χ0) is 13.7. The second-order valence-electron chi connectivity index (χ2n) is 4.02. The first kappa shape index (κ1) is 13.6. The summed E-state index contributed by atoms with van der Waals surface area (Å²) < 4.78 is 23.8.